The van der Waals surface area contributed by atoms with Gasteiger partial charge in [0.1, 0.15) is 0 Å². The second-order valence-corrected chi connectivity index (χ2v) is 9.29. The number of fused-ring (bicyclic) bond motifs is 5. The van der Waals surface area contributed by atoms with Crippen LogP contribution in [-0.2, 0) is 4.79 Å². The normalized spacial score (nSPS) is 57.2. The molecule has 7 atom stereocenters. The van der Waals surface area contributed by atoms with Crippen LogP contribution in [0.2, 0.25) is 0 Å². The van der Waals surface area contributed by atoms with Crippen LogP contribution < -0.4 is 0 Å². The first-order valence-electron chi connectivity index (χ1n) is 9.22. The van der Waals surface area contributed by atoms with Crippen molar-refractivity contribution in [1.82, 2.24) is 0 Å². The van der Waals surface area contributed by atoms with Gasteiger partial charge in [-0.1, -0.05) is 19.9 Å². The maximum Gasteiger partial charge on any atom is 0.155 e. The molecule has 0 amide bonds. The Bertz CT molecular complexity index is 534. The number of hydrogen-bond acceptors (Lipinski definition) is 2. The minimum Gasteiger partial charge on any atom is -0.390 e. The Morgan fingerprint density at radius 2 is 1.77 bits per heavy atom. The molecule has 1 N–H and O–H groups in total. The van der Waals surface area contributed by atoms with Crippen molar-refractivity contribution in [3.63, 3.8) is 0 Å². The van der Waals surface area contributed by atoms with Crippen LogP contribution in [0.5, 0.6) is 0 Å². The van der Waals surface area contributed by atoms with Crippen LogP contribution >= 0.6 is 0 Å². The fourth-order valence-corrected chi connectivity index (χ4v) is 6.88. The smallest absolute Gasteiger partial charge is 0.155 e. The lowest BCUT2D eigenvalue weighted by Gasteiger charge is -2.59. The molecule has 0 unspecified atom stereocenters. The van der Waals surface area contributed by atoms with E-state index in [2.05, 4.69) is 26.8 Å². The number of ketones is 1. The van der Waals surface area contributed by atoms with Gasteiger partial charge in [-0.25, -0.2) is 0 Å². The van der Waals surface area contributed by atoms with Gasteiger partial charge in [0.25, 0.3) is 0 Å². The zero-order valence-electron chi connectivity index (χ0n) is 14.3. The molecule has 2 nitrogen and oxygen atoms in total. The summed E-state index contributed by atoms with van der Waals surface area (Å²) in [6, 6.07) is 0. The Morgan fingerprint density at radius 1 is 1.05 bits per heavy atom. The van der Waals surface area contributed by atoms with Crippen molar-refractivity contribution in [3.8, 4) is 0 Å². The highest BCUT2D eigenvalue weighted by atomic mass is 16.3. The predicted molar refractivity (Wildman–Crippen MR) is 87.3 cm³/mol. The van der Waals surface area contributed by atoms with Crippen molar-refractivity contribution in [1.29, 1.82) is 0 Å². The van der Waals surface area contributed by atoms with Crippen molar-refractivity contribution < 1.29 is 9.90 Å². The number of hydrogen-bond donors (Lipinski definition) is 1. The lowest BCUT2D eigenvalue weighted by atomic mass is 9.45. The topological polar surface area (TPSA) is 37.3 Å². The molecule has 0 heterocycles. The summed E-state index contributed by atoms with van der Waals surface area (Å²) in [5.41, 5.74) is -0.170. The molecule has 0 aliphatic heterocycles. The van der Waals surface area contributed by atoms with Crippen LogP contribution in [0.15, 0.2) is 12.2 Å². The molecule has 4 aliphatic rings. The van der Waals surface area contributed by atoms with Crippen LogP contribution in [0.25, 0.3) is 0 Å². The highest BCUT2D eigenvalue weighted by Gasteiger charge is 2.62. The zero-order valence-corrected chi connectivity index (χ0v) is 14.3. The van der Waals surface area contributed by atoms with Gasteiger partial charge in [-0.05, 0) is 86.0 Å². The third kappa shape index (κ3) is 1.74. The summed E-state index contributed by atoms with van der Waals surface area (Å²) < 4.78 is 0. The summed E-state index contributed by atoms with van der Waals surface area (Å²) in [6.07, 6.45) is 11.9. The molecule has 0 saturated heterocycles. The highest BCUT2D eigenvalue weighted by molar-refractivity contribution is 5.91. The third-order valence-corrected chi connectivity index (χ3v) is 8.60. The first kappa shape index (κ1) is 14.9. The summed E-state index contributed by atoms with van der Waals surface area (Å²) in [4.78, 5) is 11.8. The van der Waals surface area contributed by atoms with E-state index in [9.17, 15) is 9.90 Å². The molecular formula is C20H30O2. The van der Waals surface area contributed by atoms with Crippen LogP contribution in [-0.4, -0.2) is 16.5 Å². The van der Waals surface area contributed by atoms with E-state index in [1.165, 1.54) is 25.7 Å². The van der Waals surface area contributed by atoms with E-state index in [1.54, 1.807) is 0 Å². The zero-order chi connectivity index (χ0) is 15.8. The predicted octanol–water partition coefficient (Wildman–Crippen LogP) is 4.13. The van der Waals surface area contributed by atoms with Crippen molar-refractivity contribution >= 4 is 5.78 Å². The molecule has 4 aliphatic carbocycles. The number of allylic oxidation sites excluding steroid dienone is 2. The van der Waals surface area contributed by atoms with Gasteiger partial charge in [-0.3, -0.25) is 4.79 Å². The minimum absolute atomic E-state index is 0.103. The molecule has 0 aromatic carbocycles. The number of carbonyl (C=O) groups excluding carboxylic acids is 1. The van der Waals surface area contributed by atoms with Crippen molar-refractivity contribution in [2.24, 2.45) is 34.5 Å². The minimum atomic E-state index is -0.487. The average Bonchev–Trinajstić information content (AvgIpc) is 2.70. The van der Waals surface area contributed by atoms with Crippen LogP contribution in [0, 0.1) is 34.5 Å². The van der Waals surface area contributed by atoms with E-state index in [-0.39, 0.29) is 10.8 Å². The maximum absolute atomic E-state index is 11.8. The summed E-state index contributed by atoms with van der Waals surface area (Å²) in [7, 11) is 0. The van der Waals surface area contributed by atoms with Gasteiger partial charge in [0, 0.05) is 6.42 Å². The quantitative estimate of drug-likeness (QED) is 0.730. The average molecular weight is 302 g/mol. The monoisotopic (exact) mass is 302 g/mol. The maximum atomic E-state index is 11.8. The van der Waals surface area contributed by atoms with E-state index in [1.807, 2.05) is 6.08 Å². The number of rotatable bonds is 0. The van der Waals surface area contributed by atoms with Gasteiger partial charge in [-0.2, -0.15) is 0 Å². The SMILES string of the molecule is C[C@@]12C=CC(=O)C[C@@H]1CC[C@@H]1[C@@H]2CC[C@@]2(C)[C@H]1CC[C@@]2(C)O. The van der Waals surface area contributed by atoms with Gasteiger partial charge in [0.05, 0.1) is 5.60 Å². The molecule has 0 spiro atoms. The van der Waals surface area contributed by atoms with Crippen LogP contribution in [0.4, 0.5) is 0 Å². The molecule has 4 rings (SSSR count). The first-order valence-corrected chi connectivity index (χ1v) is 9.22. The third-order valence-electron chi connectivity index (χ3n) is 8.60. The number of aliphatic hydroxyl groups is 1. The summed E-state index contributed by atoms with van der Waals surface area (Å²) in [5, 5.41) is 10.9. The van der Waals surface area contributed by atoms with Crippen LogP contribution in [0.1, 0.15) is 65.7 Å². The lowest BCUT2D eigenvalue weighted by molar-refractivity contribution is -0.135. The molecule has 3 fully saturated rings. The largest absolute Gasteiger partial charge is 0.390 e. The number of carbonyl (C=O) groups is 1. The van der Waals surface area contributed by atoms with Gasteiger partial charge in [-0.15, -0.1) is 0 Å². The summed E-state index contributed by atoms with van der Waals surface area (Å²) >= 11 is 0. The van der Waals surface area contributed by atoms with Gasteiger partial charge in [0.15, 0.2) is 5.78 Å². The second-order valence-electron chi connectivity index (χ2n) is 9.29. The molecule has 122 valence electrons. The Kier molecular flexibility index (Phi) is 3.03. The fourth-order valence-electron chi connectivity index (χ4n) is 6.88. The van der Waals surface area contributed by atoms with Gasteiger partial charge >= 0.3 is 0 Å². The van der Waals surface area contributed by atoms with E-state index in [4.69, 9.17) is 0 Å². The Labute approximate surface area is 134 Å². The highest BCUT2D eigenvalue weighted by Crippen LogP contribution is 2.67. The molecule has 22 heavy (non-hydrogen) atoms. The summed E-state index contributed by atoms with van der Waals surface area (Å²) in [6.45, 7) is 6.82. The molecule has 2 heteroatoms. The fraction of sp³-hybridized carbons (Fsp3) is 0.850. The Morgan fingerprint density at radius 3 is 2.55 bits per heavy atom. The Balaban J connectivity index is 1.69. The first-order chi connectivity index (χ1) is 10.3. The van der Waals surface area contributed by atoms with E-state index in [0.29, 0.717) is 23.5 Å². The van der Waals surface area contributed by atoms with Crippen molar-refractivity contribution in [2.75, 3.05) is 0 Å². The Hall–Kier alpha value is -0.630. The summed E-state index contributed by atoms with van der Waals surface area (Å²) in [5.74, 6) is 3.00. The lowest BCUT2D eigenvalue weighted by Crippen LogP contribution is -2.55. The molecular weight excluding hydrogens is 272 g/mol. The van der Waals surface area contributed by atoms with Gasteiger partial charge in [0.2, 0.25) is 0 Å². The molecule has 3 saturated carbocycles. The molecule has 0 aromatic rings. The second kappa shape index (κ2) is 4.47. The van der Waals surface area contributed by atoms with E-state index < -0.39 is 5.60 Å². The molecule has 0 aromatic heterocycles. The van der Waals surface area contributed by atoms with E-state index in [0.717, 1.165) is 25.2 Å². The van der Waals surface area contributed by atoms with Gasteiger partial charge < -0.3 is 5.11 Å². The van der Waals surface area contributed by atoms with Crippen molar-refractivity contribution in [3.05, 3.63) is 12.2 Å². The molecule has 0 bridgehead atoms. The van der Waals surface area contributed by atoms with Crippen molar-refractivity contribution in [2.45, 2.75) is 71.3 Å². The van der Waals surface area contributed by atoms with E-state index >= 15 is 0 Å². The molecule has 0 radical (unpaired) electrons. The van der Waals surface area contributed by atoms with Crippen LogP contribution in [0.3, 0.4) is 0 Å². The standard InChI is InChI=1S/C20H30O2/c1-18-9-6-14(21)12-13(18)4-5-15-16(18)7-10-19(2)17(15)8-11-20(19,3)22/h6,9,13,15-17,22H,4-5,7-8,10-12H2,1-3H3/t13-,15+,16-,17-,18+,19-,20+/m0/s1.